The van der Waals surface area contributed by atoms with Gasteiger partial charge in [0.15, 0.2) is 6.04 Å². The molecule has 1 unspecified atom stereocenters. The van der Waals surface area contributed by atoms with Crippen molar-refractivity contribution >= 4 is 34.0 Å². The smallest absolute Gasteiger partial charge is 0.333 e. The van der Waals surface area contributed by atoms with Gasteiger partial charge in [0.05, 0.1) is 7.11 Å². The number of amides is 1. The van der Waals surface area contributed by atoms with E-state index in [0.717, 1.165) is 16.3 Å². The van der Waals surface area contributed by atoms with Gasteiger partial charge in [-0.3, -0.25) is 4.79 Å². The summed E-state index contributed by atoms with van der Waals surface area (Å²) in [7, 11) is 1.28. The number of nitrogens with one attached hydrogen (secondary N) is 1. The Kier molecular flexibility index (Phi) is 5.59. The van der Waals surface area contributed by atoms with Gasteiger partial charge in [-0.15, -0.1) is 11.3 Å². The molecule has 1 atom stereocenters. The highest BCUT2D eigenvalue weighted by atomic mass is 32.1. The van der Waals surface area contributed by atoms with Crippen LogP contribution in [0.25, 0.3) is 21.9 Å². The summed E-state index contributed by atoms with van der Waals surface area (Å²) in [4.78, 5) is 26.0. The van der Waals surface area contributed by atoms with Crippen LogP contribution < -0.4 is 5.32 Å². The number of thiophene rings is 1. The van der Waals surface area contributed by atoms with E-state index in [-0.39, 0.29) is 5.82 Å². The molecule has 150 valence electrons. The molecule has 0 aliphatic heterocycles. The summed E-state index contributed by atoms with van der Waals surface area (Å²) >= 11 is 1.36. The van der Waals surface area contributed by atoms with E-state index in [1.807, 2.05) is 29.6 Å². The molecular formula is C24H18FNO3S. The Balaban J connectivity index is 1.77. The molecule has 0 fully saturated rings. The Morgan fingerprint density at radius 3 is 2.57 bits per heavy atom. The fraction of sp³-hybridized carbons (Fsp3) is 0.0833. The van der Waals surface area contributed by atoms with Crippen LogP contribution in [0.15, 0.2) is 78.2 Å². The largest absolute Gasteiger partial charge is 0.467 e. The summed E-state index contributed by atoms with van der Waals surface area (Å²) in [5, 5.41) is 6.34. The maximum Gasteiger partial charge on any atom is 0.333 e. The maximum absolute atomic E-state index is 13.8. The van der Waals surface area contributed by atoms with Crippen LogP contribution in [0.4, 0.5) is 4.39 Å². The third kappa shape index (κ3) is 3.95. The lowest BCUT2D eigenvalue weighted by atomic mass is 9.95. The lowest BCUT2D eigenvalue weighted by Crippen LogP contribution is -2.34. The van der Waals surface area contributed by atoms with Gasteiger partial charge in [-0.2, -0.15) is 0 Å². The van der Waals surface area contributed by atoms with E-state index >= 15 is 0 Å². The molecule has 1 heterocycles. The summed E-state index contributed by atoms with van der Waals surface area (Å²) in [6.45, 7) is 0. The number of hydrogen-bond donors (Lipinski definition) is 1. The van der Waals surface area contributed by atoms with Gasteiger partial charge < -0.3 is 10.1 Å². The molecule has 0 bridgehead atoms. The van der Waals surface area contributed by atoms with Gasteiger partial charge in [0, 0.05) is 10.4 Å². The van der Waals surface area contributed by atoms with Crippen LogP contribution >= 0.6 is 11.3 Å². The normalized spacial score (nSPS) is 11.8. The second kappa shape index (κ2) is 8.47. The molecule has 0 saturated heterocycles. The number of rotatable bonds is 5. The molecule has 1 amide bonds. The molecule has 0 spiro atoms. The molecule has 30 heavy (non-hydrogen) atoms. The number of methoxy groups -OCH3 is 1. The van der Waals surface area contributed by atoms with E-state index in [0.29, 0.717) is 16.0 Å². The second-order valence-electron chi connectivity index (χ2n) is 6.70. The highest BCUT2D eigenvalue weighted by molar-refractivity contribution is 7.10. The zero-order chi connectivity index (χ0) is 21.1. The fourth-order valence-electron chi connectivity index (χ4n) is 3.37. The van der Waals surface area contributed by atoms with Crippen molar-refractivity contribution < 1.29 is 18.7 Å². The number of benzene rings is 3. The van der Waals surface area contributed by atoms with Crippen molar-refractivity contribution in [2.24, 2.45) is 0 Å². The Morgan fingerprint density at radius 2 is 1.83 bits per heavy atom. The SMILES string of the molecule is COC(=O)C(NC(=O)c1cc(-c2cccc(F)c2)c2ccccc2c1)c1cccs1. The Morgan fingerprint density at radius 1 is 1.00 bits per heavy atom. The van der Waals surface area contributed by atoms with Crippen LogP contribution in [0, 0.1) is 5.82 Å². The summed E-state index contributed by atoms with van der Waals surface area (Å²) in [5.41, 5.74) is 1.78. The lowest BCUT2D eigenvalue weighted by Gasteiger charge is -2.16. The summed E-state index contributed by atoms with van der Waals surface area (Å²) in [5.74, 6) is -1.31. The van der Waals surface area contributed by atoms with Crippen LogP contribution in [0.3, 0.4) is 0 Å². The molecule has 1 N–H and O–H groups in total. The number of esters is 1. The molecule has 6 heteroatoms. The third-order valence-corrected chi connectivity index (χ3v) is 5.74. The molecule has 4 rings (SSSR count). The maximum atomic E-state index is 13.8. The molecule has 0 saturated carbocycles. The molecule has 4 nitrogen and oxygen atoms in total. The number of ether oxygens (including phenoxy) is 1. The summed E-state index contributed by atoms with van der Waals surface area (Å²) in [6, 6.07) is 20.0. The van der Waals surface area contributed by atoms with Crippen LogP contribution in [0.5, 0.6) is 0 Å². The van der Waals surface area contributed by atoms with E-state index in [1.165, 1.54) is 30.6 Å². The quantitative estimate of drug-likeness (QED) is 0.444. The topological polar surface area (TPSA) is 55.4 Å². The number of hydrogen-bond acceptors (Lipinski definition) is 4. The van der Waals surface area contributed by atoms with Gasteiger partial charge in [-0.25, -0.2) is 9.18 Å². The zero-order valence-electron chi connectivity index (χ0n) is 16.1. The van der Waals surface area contributed by atoms with Crippen LogP contribution in [-0.2, 0) is 9.53 Å². The summed E-state index contributed by atoms with van der Waals surface area (Å²) < 4.78 is 18.7. The van der Waals surface area contributed by atoms with Gasteiger partial charge in [0.1, 0.15) is 5.82 Å². The van der Waals surface area contributed by atoms with Gasteiger partial charge >= 0.3 is 5.97 Å². The van der Waals surface area contributed by atoms with Gasteiger partial charge in [-0.1, -0.05) is 42.5 Å². The minimum absolute atomic E-state index is 0.352. The third-order valence-electron chi connectivity index (χ3n) is 4.80. The van der Waals surface area contributed by atoms with E-state index in [2.05, 4.69) is 5.32 Å². The Hall–Kier alpha value is -3.51. The van der Waals surface area contributed by atoms with Crippen molar-refractivity contribution in [1.29, 1.82) is 0 Å². The molecular weight excluding hydrogens is 401 g/mol. The minimum atomic E-state index is -0.897. The first kappa shape index (κ1) is 19.8. The molecule has 0 aliphatic carbocycles. The highest BCUT2D eigenvalue weighted by Gasteiger charge is 2.25. The molecule has 1 aromatic heterocycles. The molecule has 3 aromatic carbocycles. The fourth-order valence-corrected chi connectivity index (χ4v) is 4.13. The second-order valence-corrected chi connectivity index (χ2v) is 7.68. The first-order chi connectivity index (χ1) is 14.6. The lowest BCUT2D eigenvalue weighted by molar-refractivity contribution is -0.143. The predicted octanol–water partition coefficient (Wildman–Crippen LogP) is 5.35. The van der Waals surface area contributed by atoms with E-state index in [1.54, 1.807) is 36.4 Å². The van der Waals surface area contributed by atoms with E-state index in [4.69, 9.17) is 4.74 Å². The van der Waals surface area contributed by atoms with Crippen molar-refractivity contribution in [3.8, 4) is 11.1 Å². The van der Waals surface area contributed by atoms with E-state index < -0.39 is 17.9 Å². The van der Waals surface area contributed by atoms with Crippen molar-refractivity contribution in [2.75, 3.05) is 7.11 Å². The molecule has 0 aliphatic rings. The molecule has 0 radical (unpaired) electrons. The van der Waals surface area contributed by atoms with Gasteiger partial charge in [0.2, 0.25) is 0 Å². The Bertz CT molecular complexity index is 1220. The van der Waals surface area contributed by atoms with Crippen molar-refractivity contribution in [2.45, 2.75) is 6.04 Å². The predicted molar refractivity (Wildman–Crippen MR) is 116 cm³/mol. The number of fused-ring (bicyclic) bond motifs is 1. The van der Waals surface area contributed by atoms with Gasteiger partial charge in [-0.05, 0) is 57.6 Å². The van der Waals surface area contributed by atoms with Crippen molar-refractivity contribution in [3.63, 3.8) is 0 Å². The van der Waals surface area contributed by atoms with E-state index in [9.17, 15) is 14.0 Å². The first-order valence-electron chi connectivity index (χ1n) is 9.27. The molecule has 4 aromatic rings. The van der Waals surface area contributed by atoms with Crippen LogP contribution in [0.1, 0.15) is 21.3 Å². The zero-order valence-corrected chi connectivity index (χ0v) is 16.9. The summed E-state index contributed by atoms with van der Waals surface area (Å²) in [6.07, 6.45) is 0. The Labute approximate surface area is 176 Å². The van der Waals surface area contributed by atoms with Gasteiger partial charge in [0.25, 0.3) is 5.91 Å². The van der Waals surface area contributed by atoms with Crippen molar-refractivity contribution in [3.05, 3.63) is 94.4 Å². The van der Waals surface area contributed by atoms with Crippen molar-refractivity contribution in [1.82, 2.24) is 5.32 Å². The standard InChI is InChI=1S/C24H18FNO3S/c1-29-24(28)22(21-10-5-11-30-21)26-23(27)17-12-15-6-2-3-9-19(15)20(14-17)16-7-4-8-18(25)13-16/h2-14,22H,1H3,(H,26,27). The number of halogens is 1. The highest BCUT2D eigenvalue weighted by Crippen LogP contribution is 2.31. The average Bonchev–Trinajstić information content (AvgIpc) is 3.30. The minimum Gasteiger partial charge on any atom is -0.467 e. The van der Waals surface area contributed by atoms with Crippen LogP contribution in [0.2, 0.25) is 0 Å². The average molecular weight is 419 g/mol. The number of carbonyl (C=O) groups is 2. The van der Waals surface area contributed by atoms with Crippen LogP contribution in [-0.4, -0.2) is 19.0 Å². The number of carbonyl (C=O) groups excluding carboxylic acids is 2. The monoisotopic (exact) mass is 419 g/mol. The first-order valence-corrected chi connectivity index (χ1v) is 10.2.